The van der Waals surface area contributed by atoms with Crippen molar-refractivity contribution in [2.75, 3.05) is 13.2 Å². The molecule has 0 saturated carbocycles. The van der Waals surface area contributed by atoms with Crippen LogP contribution in [0.1, 0.15) is 18.7 Å². The summed E-state index contributed by atoms with van der Waals surface area (Å²) < 4.78 is 26.1. The summed E-state index contributed by atoms with van der Waals surface area (Å²) in [6.07, 6.45) is 0. The van der Waals surface area contributed by atoms with Gasteiger partial charge in [0.1, 0.15) is 9.20 Å². The highest BCUT2D eigenvalue weighted by atomic mass is 32.2. The first-order valence-electron chi connectivity index (χ1n) is 5.33. The largest absolute Gasteiger partial charge is 0.395 e. The first-order chi connectivity index (χ1) is 8.30. The highest BCUT2D eigenvalue weighted by Crippen LogP contribution is 2.25. The smallest absolute Gasteiger partial charge is 0.252 e. The molecule has 0 aliphatic heterocycles. The number of sulfonamides is 1. The van der Waals surface area contributed by atoms with E-state index in [-0.39, 0.29) is 28.4 Å². The van der Waals surface area contributed by atoms with E-state index in [2.05, 4.69) is 0 Å². The van der Waals surface area contributed by atoms with Crippen molar-refractivity contribution in [2.45, 2.75) is 24.1 Å². The lowest BCUT2D eigenvalue weighted by Crippen LogP contribution is -2.38. The standard InChI is InChI=1S/C10H16N2O3S3/c1-7(2)12(5-6-13)18(14,15)9-4-3-8(17-9)10(11)16/h3-4,7,13H,5-6H2,1-2H3,(H2,11,16). The molecule has 8 heteroatoms. The van der Waals surface area contributed by atoms with Crippen LogP contribution in [0.3, 0.4) is 0 Å². The van der Waals surface area contributed by atoms with Crippen LogP contribution < -0.4 is 5.73 Å². The molecule has 102 valence electrons. The van der Waals surface area contributed by atoms with Gasteiger partial charge in [0.25, 0.3) is 10.0 Å². The van der Waals surface area contributed by atoms with E-state index in [9.17, 15) is 8.42 Å². The molecule has 0 atom stereocenters. The number of hydrogen-bond acceptors (Lipinski definition) is 5. The molecule has 0 bridgehead atoms. The molecule has 0 spiro atoms. The van der Waals surface area contributed by atoms with Crippen LogP contribution in [0.25, 0.3) is 0 Å². The Balaban J connectivity index is 3.14. The van der Waals surface area contributed by atoms with E-state index < -0.39 is 10.0 Å². The number of aliphatic hydroxyl groups is 1. The van der Waals surface area contributed by atoms with Gasteiger partial charge in [0.15, 0.2) is 0 Å². The number of thiophene rings is 1. The molecule has 0 aromatic carbocycles. The van der Waals surface area contributed by atoms with Crippen LogP contribution in [0, 0.1) is 0 Å². The zero-order chi connectivity index (χ0) is 13.9. The fourth-order valence-corrected chi connectivity index (χ4v) is 4.57. The molecular weight excluding hydrogens is 292 g/mol. The quantitative estimate of drug-likeness (QED) is 0.759. The monoisotopic (exact) mass is 308 g/mol. The lowest BCUT2D eigenvalue weighted by Gasteiger charge is -2.24. The van der Waals surface area contributed by atoms with Crippen molar-refractivity contribution in [3.8, 4) is 0 Å². The Hall–Kier alpha value is -0.540. The van der Waals surface area contributed by atoms with E-state index in [0.29, 0.717) is 4.88 Å². The van der Waals surface area contributed by atoms with Crippen LogP contribution in [0.2, 0.25) is 0 Å². The van der Waals surface area contributed by atoms with Gasteiger partial charge in [-0.1, -0.05) is 12.2 Å². The van der Waals surface area contributed by atoms with Gasteiger partial charge in [-0.15, -0.1) is 11.3 Å². The van der Waals surface area contributed by atoms with Gasteiger partial charge in [0, 0.05) is 12.6 Å². The van der Waals surface area contributed by atoms with Crippen molar-refractivity contribution in [3.05, 3.63) is 17.0 Å². The van der Waals surface area contributed by atoms with E-state index in [0.717, 1.165) is 11.3 Å². The van der Waals surface area contributed by atoms with Crippen LogP contribution in [-0.2, 0) is 10.0 Å². The van der Waals surface area contributed by atoms with E-state index in [1.165, 1.54) is 10.4 Å². The SMILES string of the molecule is CC(C)N(CCO)S(=O)(=O)c1ccc(C(N)=S)s1. The van der Waals surface area contributed by atoms with Crippen LogP contribution in [0.4, 0.5) is 0 Å². The first kappa shape index (κ1) is 15.5. The second kappa shape index (κ2) is 6.07. The van der Waals surface area contributed by atoms with Gasteiger partial charge in [0.2, 0.25) is 0 Å². The average Bonchev–Trinajstić information content (AvgIpc) is 2.74. The number of aliphatic hydroxyl groups excluding tert-OH is 1. The molecule has 0 aliphatic carbocycles. The van der Waals surface area contributed by atoms with Crippen molar-refractivity contribution >= 4 is 38.6 Å². The van der Waals surface area contributed by atoms with Crippen LogP contribution in [0.15, 0.2) is 16.3 Å². The third-order valence-corrected chi connectivity index (χ3v) is 6.29. The van der Waals surface area contributed by atoms with Crippen LogP contribution >= 0.6 is 23.6 Å². The lowest BCUT2D eigenvalue weighted by molar-refractivity contribution is 0.237. The van der Waals surface area contributed by atoms with Gasteiger partial charge in [-0.2, -0.15) is 4.31 Å². The van der Waals surface area contributed by atoms with Gasteiger partial charge in [-0.05, 0) is 26.0 Å². The normalized spacial score (nSPS) is 12.3. The summed E-state index contributed by atoms with van der Waals surface area (Å²) in [7, 11) is -3.60. The average molecular weight is 308 g/mol. The Kier molecular flexibility index (Phi) is 5.23. The summed E-state index contributed by atoms with van der Waals surface area (Å²) in [5, 5.41) is 8.95. The maximum atomic E-state index is 12.3. The van der Waals surface area contributed by atoms with E-state index in [1.54, 1.807) is 19.9 Å². The molecule has 5 nitrogen and oxygen atoms in total. The fourth-order valence-electron chi connectivity index (χ4n) is 1.46. The van der Waals surface area contributed by atoms with Gasteiger partial charge in [-0.25, -0.2) is 8.42 Å². The van der Waals surface area contributed by atoms with Crippen molar-refractivity contribution in [2.24, 2.45) is 5.73 Å². The van der Waals surface area contributed by atoms with Gasteiger partial charge < -0.3 is 10.8 Å². The Bertz CT molecular complexity index is 522. The molecule has 1 rings (SSSR count). The maximum Gasteiger partial charge on any atom is 0.252 e. The number of hydrogen-bond donors (Lipinski definition) is 2. The molecule has 1 aromatic heterocycles. The molecule has 0 saturated heterocycles. The topological polar surface area (TPSA) is 83.6 Å². The van der Waals surface area contributed by atoms with Gasteiger partial charge in [-0.3, -0.25) is 0 Å². The Morgan fingerprint density at radius 1 is 1.56 bits per heavy atom. The summed E-state index contributed by atoms with van der Waals surface area (Å²) in [6, 6.07) is 2.86. The molecule has 0 fully saturated rings. The number of thiocarbonyl (C=S) groups is 1. The molecule has 0 amide bonds. The van der Waals surface area contributed by atoms with E-state index in [4.69, 9.17) is 23.1 Å². The van der Waals surface area contributed by atoms with Crippen molar-refractivity contribution in [1.82, 2.24) is 4.31 Å². The highest BCUT2D eigenvalue weighted by molar-refractivity contribution is 7.91. The predicted octanol–water partition coefficient (Wildman–Crippen LogP) is 0.774. The molecule has 3 N–H and O–H groups in total. The third-order valence-electron chi connectivity index (χ3n) is 2.28. The van der Waals surface area contributed by atoms with Crippen LogP contribution in [-0.4, -0.2) is 42.0 Å². The van der Waals surface area contributed by atoms with Crippen molar-refractivity contribution < 1.29 is 13.5 Å². The summed E-state index contributed by atoms with van der Waals surface area (Å²) in [5.41, 5.74) is 5.46. The molecule has 0 unspecified atom stereocenters. The van der Waals surface area contributed by atoms with Gasteiger partial charge in [0.05, 0.1) is 11.5 Å². The molecule has 1 aromatic rings. The second-order valence-corrected chi connectivity index (χ2v) is 7.56. The molecule has 1 heterocycles. The Labute approximate surface area is 116 Å². The minimum Gasteiger partial charge on any atom is -0.395 e. The maximum absolute atomic E-state index is 12.3. The lowest BCUT2D eigenvalue weighted by atomic mass is 10.4. The molecule has 0 aliphatic rings. The summed E-state index contributed by atoms with van der Waals surface area (Å²) in [6.45, 7) is 3.37. The Morgan fingerprint density at radius 2 is 2.17 bits per heavy atom. The molecule has 18 heavy (non-hydrogen) atoms. The van der Waals surface area contributed by atoms with Gasteiger partial charge >= 0.3 is 0 Å². The van der Waals surface area contributed by atoms with E-state index >= 15 is 0 Å². The number of rotatable bonds is 6. The Morgan fingerprint density at radius 3 is 2.56 bits per heavy atom. The minimum atomic E-state index is -3.60. The fraction of sp³-hybridized carbons (Fsp3) is 0.500. The number of nitrogens with two attached hydrogens (primary N) is 1. The van der Waals surface area contributed by atoms with E-state index in [1.807, 2.05) is 0 Å². The summed E-state index contributed by atoms with van der Waals surface area (Å²) in [5.74, 6) is 0. The van der Waals surface area contributed by atoms with Crippen LogP contribution in [0.5, 0.6) is 0 Å². The molecule has 0 radical (unpaired) electrons. The molecular formula is C10H16N2O3S3. The zero-order valence-corrected chi connectivity index (χ0v) is 12.6. The first-order valence-corrected chi connectivity index (χ1v) is 7.99. The summed E-state index contributed by atoms with van der Waals surface area (Å²) in [4.78, 5) is 0.746. The minimum absolute atomic E-state index is 0.0697. The van der Waals surface area contributed by atoms with Crippen molar-refractivity contribution in [1.29, 1.82) is 0 Å². The number of nitrogens with zero attached hydrogens (tertiary/aromatic N) is 1. The second-order valence-electron chi connectivity index (χ2n) is 3.92. The predicted molar refractivity (Wildman–Crippen MR) is 76.3 cm³/mol. The zero-order valence-electron chi connectivity index (χ0n) is 10.2. The van der Waals surface area contributed by atoms with Crippen molar-refractivity contribution in [3.63, 3.8) is 0 Å². The summed E-state index contributed by atoms with van der Waals surface area (Å²) >= 11 is 5.85. The highest BCUT2D eigenvalue weighted by Gasteiger charge is 2.28. The third kappa shape index (κ3) is 3.27.